The van der Waals surface area contributed by atoms with Crippen molar-refractivity contribution in [2.24, 2.45) is 0 Å². The average molecular weight is 284 g/mol. The number of nitrogens with one attached hydrogen (secondary N) is 1. The molecule has 4 rings (SSSR count). The Bertz CT molecular complexity index is 736. The third-order valence-electron chi connectivity index (χ3n) is 3.09. The first-order valence-electron chi connectivity index (χ1n) is 6.41. The monoisotopic (exact) mass is 284 g/mol. The van der Waals surface area contributed by atoms with Gasteiger partial charge in [-0.15, -0.1) is 0 Å². The lowest BCUT2D eigenvalue weighted by molar-refractivity contribution is 0.171. The third-order valence-corrected chi connectivity index (χ3v) is 4.04. The summed E-state index contributed by atoms with van der Waals surface area (Å²) in [5, 5.41) is 4.19. The van der Waals surface area contributed by atoms with Gasteiger partial charge in [-0.1, -0.05) is 23.5 Å². The Morgan fingerprint density at radius 2 is 1.85 bits per heavy atom. The molecular formula is C15H12N2O2S. The van der Waals surface area contributed by atoms with Crippen LogP contribution in [0.2, 0.25) is 0 Å². The largest absolute Gasteiger partial charge is 0.486 e. The van der Waals surface area contributed by atoms with Crippen LogP contribution < -0.4 is 14.8 Å². The van der Waals surface area contributed by atoms with Gasteiger partial charge in [-0.2, -0.15) is 0 Å². The predicted molar refractivity (Wildman–Crippen MR) is 80.3 cm³/mol. The minimum atomic E-state index is 0.595. The first-order chi connectivity index (χ1) is 9.88. The van der Waals surface area contributed by atoms with Crippen LogP contribution in [0.25, 0.3) is 10.2 Å². The topological polar surface area (TPSA) is 43.4 Å². The zero-order valence-electron chi connectivity index (χ0n) is 10.6. The Morgan fingerprint density at radius 3 is 2.75 bits per heavy atom. The molecule has 0 unspecified atom stereocenters. The normalized spacial score (nSPS) is 13.4. The minimum absolute atomic E-state index is 0.595. The molecule has 20 heavy (non-hydrogen) atoms. The molecule has 0 radical (unpaired) electrons. The van der Waals surface area contributed by atoms with Crippen LogP contribution in [0.5, 0.6) is 11.5 Å². The molecule has 1 aliphatic rings. The van der Waals surface area contributed by atoms with Crippen molar-refractivity contribution in [2.75, 3.05) is 18.5 Å². The first kappa shape index (κ1) is 11.5. The van der Waals surface area contributed by atoms with Crippen molar-refractivity contribution < 1.29 is 9.47 Å². The van der Waals surface area contributed by atoms with Gasteiger partial charge in [0.2, 0.25) is 0 Å². The van der Waals surface area contributed by atoms with Crippen LogP contribution in [-0.4, -0.2) is 18.2 Å². The van der Waals surface area contributed by atoms with Crippen molar-refractivity contribution >= 4 is 32.4 Å². The van der Waals surface area contributed by atoms with Crippen molar-refractivity contribution in [1.82, 2.24) is 4.98 Å². The number of nitrogens with zero attached hydrogens (tertiary/aromatic N) is 1. The van der Waals surface area contributed by atoms with Gasteiger partial charge in [-0.3, -0.25) is 0 Å². The molecule has 2 aromatic carbocycles. The summed E-state index contributed by atoms with van der Waals surface area (Å²) in [5.41, 5.74) is 1.96. The fraction of sp³-hybridized carbons (Fsp3) is 0.133. The summed E-state index contributed by atoms with van der Waals surface area (Å²) in [6.45, 7) is 1.20. The van der Waals surface area contributed by atoms with Crippen molar-refractivity contribution in [3.8, 4) is 11.5 Å². The number of para-hydroxylation sites is 1. The SMILES string of the molecule is c1ccc2sc(Nc3ccc4c(c3)OCCO4)nc2c1. The van der Waals surface area contributed by atoms with E-state index in [9.17, 15) is 0 Å². The summed E-state index contributed by atoms with van der Waals surface area (Å²) in [4.78, 5) is 4.56. The van der Waals surface area contributed by atoms with Crippen LogP contribution in [0.1, 0.15) is 0 Å². The quantitative estimate of drug-likeness (QED) is 0.777. The molecule has 0 atom stereocenters. The van der Waals surface area contributed by atoms with E-state index in [1.54, 1.807) is 11.3 Å². The summed E-state index contributed by atoms with van der Waals surface area (Å²) in [6, 6.07) is 13.9. The second-order valence-corrected chi connectivity index (χ2v) is 5.50. The molecule has 4 nitrogen and oxygen atoms in total. The van der Waals surface area contributed by atoms with Gasteiger partial charge in [0.05, 0.1) is 10.2 Å². The summed E-state index contributed by atoms with van der Waals surface area (Å²) in [5.74, 6) is 1.58. The van der Waals surface area contributed by atoms with E-state index in [1.165, 1.54) is 4.70 Å². The number of anilines is 2. The Kier molecular flexibility index (Phi) is 2.70. The predicted octanol–water partition coefficient (Wildman–Crippen LogP) is 3.81. The molecule has 1 aliphatic heterocycles. The van der Waals surface area contributed by atoms with E-state index in [4.69, 9.17) is 9.47 Å². The molecule has 0 aliphatic carbocycles. The Morgan fingerprint density at radius 1 is 1.00 bits per heavy atom. The summed E-state index contributed by atoms with van der Waals surface area (Å²) < 4.78 is 12.3. The van der Waals surface area contributed by atoms with E-state index in [-0.39, 0.29) is 0 Å². The van der Waals surface area contributed by atoms with E-state index >= 15 is 0 Å². The molecule has 1 N–H and O–H groups in total. The number of hydrogen-bond acceptors (Lipinski definition) is 5. The lowest BCUT2D eigenvalue weighted by atomic mass is 10.2. The van der Waals surface area contributed by atoms with Crippen LogP contribution in [0.15, 0.2) is 42.5 Å². The summed E-state index contributed by atoms with van der Waals surface area (Å²) in [7, 11) is 0. The molecule has 100 valence electrons. The van der Waals surface area contributed by atoms with E-state index < -0.39 is 0 Å². The number of benzene rings is 2. The maximum atomic E-state index is 5.58. The zero-order valence-corrected chi connectivity index (χ0v) is 11.4. The van der Waals surface area contributed by atoms with Gasteiger partial charge in [-0.05, 0) is 24.3 Å². The van der Waals surface area contributed by atoms with Gasteiger partial charge in [0.25, 0.3) is 0 Å². The van der Waals surface area contributed by atoms with Gasteiger partial charge in [-0.25, -0.2) is 4.98 Å². The molecule has 0 bridgehead atoms. The maximum absolute atomic E-state index is 5.58. The number of ether oxygens (including phenoxy) is 2. The number of hydrogen-bond donors (Lipinski definition) is 1. The molecule has 3 aromatic rings. The van der Waals surface area contributed by atoms with Crippen LogP contribution >= 0.6 is 11.3 Å². The molecule has 2 heterocycles. The van der Waals surface area contributed by atoms with Gasteiger partial charge in [0.1, 0.15) is 13.2 Å². The van der Waals surface area contributed by atoms with Gasteiger partial charge >= 0.3 is 0 Å². The molecule has 1 aromatic heterocycles. The lowest BCUT2D eigenvalue weighted by Gasteiger charge is -2.18. The Labute approximate surface area is 120 Å². The molecule has 0 amide bonds. The van der Waals surface area contributed by atoms with Crippen molar-refractivity contribution in [2.45, 2.75) is 0 Å². The van der Waals surface area contributed by atoms with Gasteiger partial charge < -0.3 is 14.8 Å². The highest BCUT2D eigenvalue weighted by atomic mass is 32.1. The number of rotatable bonds is 2. The Hall–Kier alpha value is -2.27. The highest BCUT2D eigenvalue weighted by Crippen LogP contribution is 2.35. The molecule has 0 fully saturated rings. The van der Waals surface area contributed by atoms with E-state index in [2.05, 4.69) is 16.4 Å². The summed E-state index contributed by atoms with van der Waals surface area (Å²) >= 11 is 1.64. The highest BCUT2D eigenvalue weighted by molar-refractivity contribution is 7.22. The molecule has 0 saturated heterocycles. The third kappa shape index (κ3) is 2.06. The summed E-state index contributed by atoms with van der Waals surface area (Å²) in [6.07, 6.45) is 0. The number of aromatic nitrogens is 1. The zero-order chi connectivity index (χ0) is 13.4. The first-order valence-corrected chi connectivity index (χ1v) is 7.22. The average Bonchev–Trinajstić information content (AvgIpc) is 2.89. The molecular weight excluding hydrogens is 272 g/mol. The second-order valence-electron chi connectivity index (χ2n) is 4.47. The van der Waals surface area contributed by atoms with E-state index in [1.807, 2.05) is 36.4 Å². The van der Waals surface area contributed by atoms with E-state index in [0.29, 0.717) is 13.2 Å². The minimum Gasteiger partial charge on any atom is -0.486 e. The molecule has 5 heteroatoms. The second kappa shape index (κ2) is 4.68. The fourth-order valence-corrected chi connectivity index (χ4v) is 3.06. The van der Waals surface area contributed by atoms with Crippen LogP contribution in [0.3, 0.4) is 0 Å². The fourth-order valence-electron chi connectivity index (χ4n) is 2.17. The van der Waals surface area contributed by atoms with Gasteiger partial charge in [0, 0.05) is 11.8 Å². The van der Waals surface area contributed by atoms with Crippen molar-refractivity contribution in [3.05, 3.63) is 42.5 Å². The van der Waals surface area contributed by atoms with Crippen LogP contribution in [-0.2, 0) is 0 Å². The maximum Gasteiger partial charge on any atom is 0.188 e. The lowest BCUT2D eigenvalue weighted by Crippen LogP contribution is -2.15. The smallest absolute Gasteiger partial charge is 0.188 e. The highest BCUT2D eigenvalue weighted by Gasteiger charge is 2.12. The van der Waals surface area contributed by atoms with Crippen LogP contribution in [0.4, 0.5) is 10.8 Å². The van der Waals surface area contributed by atoms with Gasteiger partial charge in [0.15, 0.2) is 16.6 Å². The standard InChI is InChI=1S/C15H12N2O2S/c1-2-4-14-11(3-1)17-15(20-14)16-10-5-6-12-13(9-10)19-8-7-18-12/h1-6,9H,7-8H2,(H,16,17). The molecule has 0 saturated carbocycles. The number of fused-ring (bicyclic) bond motifs is 2. The number of thiazole rings is 1. The van der Waals surface area contributed by atoms with Crippen molar-refractivity contribution in [3.63, 3.8) is 0 Å². The Balaban J connectivity index is 1.65. The van der Waals surface area contributed by atoms with Crippen LogP contribution in [0, 0.1) is 0 Å². The van der Waals surface area contributed by atoms with E-state index in [0.717, 1.165) is 27.8 Å². The molecule has 0 spiro atoms. The van der Waals surface area contributed by atoms with Crippen molar-refractivity contribution in [1.29, 1.82) is 0 Å².